The Hall–Kier alpha value is -3.35. The van der Waals surface area contributed by atoms with E-state index in [1.807, 2.05) is 31.2 Å². The predicted octanol–water partition coefficient (Wildman–Crippen LogP) is 3.56. The summed E-state index contributed by atoms with van der Waals surface area (Å²) in [6, 6.07) is 10.8. The molecule has 0 radical (unpaired) electrons. The summed E-state index contributed by atoms with van der Waals surface area (Å²) in [5, 5.41) is 8.84. The number of rotatable bonds is 6. The van der Waals surface area contributed by atoms with Gasteiger partial charge >= 0.3 is 6.03 Å². The van der Waals surface area contributed by atoms with Gasteiger partial charge in [0, 0.05) is 23.8 Å². The molecule has 3 aromatic rings. The average molecular weight is 337 g/mol. The Balaban J connectivity index is 1.50. The molecule has 0 aliphatic carbocycles. The third-order valence-electron chi connectivity index (χ3n) is 3.56. The fourth-order valence-electron chi connectivity index (χ4n) is 2.26. The molecule has 2 aromatic heterocycles. The molecule has 1 aromatic carbocycles. The highest BCUT2D eigenvalue weighted by atomic mass is 16.3. The fraction of sp³-hybridized carbons (Fsp3) is 0.167. The van der Waals surface area contributed by atoms with Crippen molar-refractivity contribution < 1.29 is 9.21 Å². The molecule has 128 valence electrons. The monoisotopic (exact) mass is 337 g/mol. The first-order chi connectivity index (χ1) is 12.2. The molecule has 0 spiro atoms. The largest absolute Gasteiger partial charge is 0.467 e. The van der Waals surface area contributed by atoms with Gasteiger partial charge in [-0.3, -0.25) is 9.97 Å². The number of nitrogens with zero attached hydrogens (tertiary/aromatic N) is 2. The van der Waals surface area contributed by atoms with Crippen LogP contribution in [0.4, 0.5) is 16.2 Å². The van der Waals surface area contributed by atoms with Crippen LogP contribution in [0.2, 0.25) is 0 Å². The summed E-state index contributed by atoms with van der Waals surface area (Å²) in [6.07, 6.45) is 6.62. The van der Waals surface area contributed by atoms with E-state index in [2.05, 4.69) is 25.9 Å². The van der Waals surface area contributed by atoms with Gasteiger partial charge < -0.3 is 20.4 Å². The highest BCUT2D eigenvalue weighted by molar-refractivity contribution is 5.89. The lowest BCUT2D eigenvalue weighted by Gasteiger charge is -2.14. The van der Waals surface area contributed by atoms with Gasteiger partial charge in [0.05, 0.1) is 30.7 Å². The van der Waals surface area contributed by atoms with Crippen LogP contribution < -0.4 is 16.0 Å². The Morgan fingerprint density at radius 3 is 2.64 bits per heavy atom. The summed E-state index contributed by atoms with van der Waals surface area (Å²) in [6.45, 7) is 2.35. The second-order valence-electron chi connectivity index (χ2n) is 5.46. The van der Waals surface area contributed by atoms with Gasteiger partial charge in [0.1, 0.15) is 5.76 Å². The van der Waals surface area contributed by atoms with Crippen LogP contribution in [0, 0.1) is 0 Å². The lowest BCUT2D eigenvalue weighted by molar-refractivity contribution is 0.251. The molecular weight excluding hydrogens is 318 g/mol. The summed E-state index contributed by atoms with van der Waals surface area (Å²) in [5.41, 5.74) is 2.50. The zero-order chi connectivity index (χ0) is 17.5. The van der Waals surface area contributed by atoms with E-state index >= 15 is 0 Å². The Morgan fingerprint density at radius 2 is 1.96 bits per heavy atom. The molecule has 0 aliphatic rings. The number of anilines is 2. The first-order valence-corrected chi connectivity index (χ1v) is 7.90. The number of hydrogen-bond donors (Lipinski definition) is 3. The van der Waals surface area contributed by atoms with E-state index in [-0.39, 0.29) is 12.1 Å². The van der Waals surface area contributed by atoms with Gasteiger partial charge in [-0.2, -0.15) is 0 Å². The molecule has 0 saturated carbocycles. The number of aromatic nitrogens is 2. The molecule has 1 atom stereocenters. The smallest absolute Gasteiger partial charge is 0.319 e. The lowest BCUT2D eigenvalue weighted by Crippen LogP contribution is -2.27. The molecule has 0 unspecified atom stereocenters. The van der Waals surface area contributed by atoms with E-state index in [0.717, 1.165) is 11.4 Å². The average Bonchev–Trinajstić information content (AvgIpc) is 3.16. The number of amides is 2. The van der Waals surface area contributed by atoms with Crippen LogP contribution >= 0.6 is 0 Å². The van der Waals surface area contributed by atoms with Crippen molar-refractivity contribution in [3.63, 3.8) is 0 Å². The van der Waals surface area contributed by atoms with Crippen molar-refractivity contribution in [1.29, 1.82) is 0 Å². The zero-order valence-electron chi connectivity index (χ0n) is 13.8. The van der Waals surface area contributed by atoms with Crippen LogP contribution in [0.25, 0.3) is 0 Å². The molecule has 7 nitrogen and oxygen atoms in total. The van der Waals surface area contributed by atoms with Crippen molar-refractivity contribution in [3.05, 3.63) is 72.7 Å². The molecule has 0 saturated heterocycles. The minimum absolute atomic E-state index is 0.0316. The Kier molecular flexibility index (Phi) is 5.26. The highest BCUT2D eigenvalue weighted by Gasteiger charge is 2.07. The Bertz CT molecular complexity index is 788. The van der Waals surface area contributed by atoms with Crippen molar-refractivity contribution >= 4 is 17.4 Å². The fourth-order valence-corrected chi connectivity index (χ4v) is 2.26. The van der Waals surface area contributed by atoms with E-state index in [9.17, 15) is 4.79 Å². The SMILES string of the molecule is C[C@@H](Nc1ccc(NC(=O)NCc2ccco2)cc1)c1cnccn1. The van der Waals surface area contributed by atoms with E-state index < -0.39 is 0 Å². The summed E-state index contributed by atoms with van der Waals surface area (Å²) in [5.74, 6) is 0.702. The molecule has 2 heterocycles. The third kappa shape index (κ3) is 4.81. The molecule has 3 N–H and O–H groups in total. The molecule has 3 rings (SSSR count). The van der Waals surface area contributed by atoms with E-state index in [4.69, 9.17) is 4.42 Å². The van der Waals surface area contributed by atoms with Crippen molar-refractivity contribution in [2.45, 2.75) is 19.5 Å². The first-order valence-electron chi connectivity index (χ1n) is 7.90. The number of hydrogen-bond acceptors (Lipinski definition) is 5. The molecule has 0 fully saturated rings. The van der Waals surface area contributed by atoms with Gasteiger partial charge in [-0.1, -0.05) is 0 Å². The maximum atomic E-state index is 11.9. The first kappa shape index (κ1) is 16.5. The van der Waals surface area contributed by atoms with Crippen LogP contribution in [0.5, 0.6) is 0 Å². The number of carbonyl (C=O) groups excluding carboxylic acids is 1. The van der Waals surface area contributed by atoms with Gasteiger partial charge in [0.2, 0.25) is 0 Å². The maximum absolute atomic E-state index is 11.9. The number of carbonyl (C=O) groups is 1. The molecular formula is C18H19N5O2. The van der Waals surface area contributed by atoms with E-state index in [0.29, 0.717) is 18.0 Å². The molecule has 25 heavy (non-hydrogen) atoms. The summed E-state index contributed by atoms with van der Waals surface area (Å²) < 4.78 is 5.16. The van der Waals surface area contributed by atoms with Crippen LogP contribution in [0.1, 0.15) is 24.4 Å². The molecule has 7 heteroatoms. The maximum Gasteiger partial charge on any atom is 0.319 e. The summed E-state index contributed by atoms with van der Waals surface area (Å²) in [4.78, 5) is 20.2. The van der Waals surface area contributed by atoms with Crippen molar-refractivity contribution in [2.75, 3.05) is 10.6 Å². The lowest BCUT2D eigenvalue weighted by atomic mass is 10.2. The summed E-state index contributed by atoms with van der Waals surface area (Å²) in [7, 11) is 0. The van der Waals surface area contributed by atoms with Gasteiger partial charge in [0.15, 0.2) is 0 Å². The van der Waals surface area contributed by atoms with Crippen LogP contribution in [0.15, 0.2) is 65.7 Å². The van der Waals surface area contributed by atoms with Crippen LogP contribution in [-0.4, -0.2) is 16.0 Å². The number of urea groups is 1. The topological polar surface area (TPSA) is 92.1 Å². The van der Waals surface area contributed by atoms with Gasteiger partial charge in [-0.05, 0) is 43.3 Å². The Morgan fingerprint density at radius 1 is 1.16 bits per heavy atom. The summed E-state index contributed by atoms with van der Waals surface area (Å²) >= 11 is 0. The normalized spacial score (nSPS) is 11.6. The van der Waals surface area contributed by atoms with Crippen molar-refractivity contribution in [1.82, 2.24) is 15.3 Å². The standard InChI is InChI=1S/C18H19N5O2/c1-13(17-12-19-8-9-20-17)22-14-4-6-15(7-5-14)23-18(24)21-11-16-3-2-10-25-16/h2-10,12-13,22H,11H2,1H3,(H2,21,23,24)/t13-/m1/s1. The van der Waals surface area contributed by atoms with E-state index in [1.165, 1.54) is 0 Å². The predicted molar refractivity (Wildman–Crippen MR) is 95.1 cm³/mol. The second-order valence-corrected chi connectivity index (χ2v) is 5.46. The van der Waals surface area contributed by atoms with Crippen molar-refractivity contribution in [2.24, 2.45) is 0 Å². The second kappa shape index (κ2) is 7.96. The van der Waals surface area contributed by atoms with Crippen molar-refractivity contribution in [3.8, 4) is 0 Å². The minimum Gasteiger partial charge on any atom is -0.467 e. The molecule has 0 aliphatic heterocycles. The van der Waals surface area contributed by atoms with Gasteiger partial charge in [-0.25, -0.2) is 4.79 Å². The van der Waals surface area contributed by atoms with Gasteiger partial charge in [-0.15, -0.1) is 0 Å². The van der Waals surface area contributed by atoms with Crippen LogP contribution in [-0.2, 0) is 6.54 Å². The zero-order valence-corrected chi connectivity index (χ0v) is 13.8. The number of nitrogens with one attached hydrogen (secondary N) is 3. The van der Waals surface area contributed by atoms with Gasteiger partial charge in [0.25, 0.3) is 0 Å². The quantitative estimate of drug-likeness (QED) is 0.639. The third-order valence-corrected chi connectivity index (χ3v) is 3.56. The Labute approximate surface area is 145 Å². The van der Waals surface area contributed by atoms with E-state index in [1.54, 1.807) is 37.0 Å². The van der Waals surface area contributed by atoms with Crippen LogP contribution in [0.3, 0.4) is 0 Å². The highest BCUT2D eigenvalue weighted by Crippen LogP contribution is 2.19. The molecule has 0 bridgehead atoms. The molecule has 2 amide bonds. The minimum atomic E-state index is -0.287. The number of benzene rings is 1. The number of furan rings is 1.